The van der Waals surface area contributed by atoms with Crippen LogP contribution < -0.4 is 10.6 Å². The maximum Gasteiger partial charge on any atom is 0.232 e. The van der Waals surface area contributed by atoms with Gasteiger partial charge in [0.15, 0.2) is 0 Å². The van der Waals surface area contributed by atoms with E-state index in [0.717, 1.165) is 16.9 Å². The molecule has 2 N–H and O–H groups in total. The summed E-state index contributed by atoms with van der Waals surface area (Å²) in [4.78, 5) is 13.9. The molecule has 150 valence electrons. The summed E-state index contributed by atoms with van der Waals surface area (Å²) < 4.78 is 0. The standard InChI is InChI=1S/C25H25N5/c1-17-11-13-21(14-12-17)26-24-28-23(16-20-9-6-7-18(2)15-20)29-25(30-24)27-22-10-5-4-8-19(22)3/h4-15H,16H2,1-3H3,(H2,26,27,28,29,30). The highest BCUT2D eigenvalue weighted by Crippen LogP contribution is 2.21. The summed E-state index contributed by atoms with van der Waals surface area (Å²) in [6.45, 7) is 6.21. The zero-order chi connectivity index (χ0) is 20.9. The van der Waals surface area contributed by atoms with Crippen LogP contribution in [-0.2, 0) is 6.42 Å². The number of benzene rings is 3. The first-order chi connectivity index (χ1) is 14.5. The second kappa shape index (κ2) is 8.74. The third kappa shape index (κ3) is 5.00. The second-order valence-electron chi connectivity index (χ2n) is 7.50. The largest absolute Gasteiger partial charge is 0.324 e. The molecule has 0 amide bonds. The van der Waals surface area contributed by atoms with Crippen LogP contribution in [0.25, 0.3) is 0 Å². The maximum absolute atomic E-state index is 4.68. The van der Waals surface area contributed by atoms with Gasteiger partial charge in [0, 0.05) is 17.8 Å². The van der Waals surface area contributed by atoms with Gasteiger partial charge in [-0.25, -0.2) is 0 Å². The molecule has 1 aromatic heterocycles. The molecule has 0 saturated carbocycles. The van der Waals surface area contributed by atoms with Crippen molar-refractivity contribution in [2.45, 2.75) is 27.2 Å². The van der Waals surface area contributed by atoms with E-state index in [1.165, 1.54) is 16.7 Å². The lowest BCUT2D eigenvalue weighted by molar-refractivity contribution is 0.931. The van der Waals surface area contributed by atoms with Crippen molar-refractivity contribution in [1.82, 2.24) is 15.0 Å². The van der Waals surface area contributed by atoms with E-state index >= 15 is 0 Å². The van der Waals surface area contributed by atoms with Gasteiger partial charge in [-0.3, -0.25) is 0 Å². The van der Waals surface area contributed by atoms with Crippen molar-refractivity contribution in [3.05, 3.63) is 101 Å². The minimum absolute atomic E-state index is 0.521. The van der Waals surface area contributed by atoms with Crippen LogP contribution in [0.3, 0.4) is 0 Å². The van der Waals surface area contributed by atoms with Gasteiger partial charge in [0.2, 0.25) is 11.9 Å². The minimum atomic E-state index is 0.521. The molecule has 0 bridgehead atoms. The molecule has 0 unspecified atom stereocenters. The molecule has 30 heavy (non-hydrogen) atoms. The van der Waals surface area contributed by atoms with Crippen molar-refractivity contribution in [3.63, 3.8) is 0 Å². The van der Waals surface area contributed by atoms with Crippen LogP contribution in [0.5, 0.6) is 0 Å². The number of hydrogen-bond donors (Lipinski definition) is 2. The first-order valence-corrected chi connectivity index (χ1v) is 10.0. The monoisotopic (exact) mass is 395 g/mol. The molecule has 0 aliphatic rings. The Labute approximate surface area is 177 Å². The third-order valence-electron chi connectivity index (χ3n) is 4.83. The van der Waals surface area contributed by atoms with E-state index in [0.29, 0.717) is 24.1 Å². The third-order valence-corrected chi connectivity index (χ3v) is 4.83. The highest BCUT2D eigenvalue weighted by atomic mass is 15.2. The lowest BCUT2D eigenvalue weighted by Crippen LogP contribution is -2.08. The lowest BCUT2D eigenvalue weighted by atomic mass is 10.1. The number of nitrogens with one attached hydrogen (secondary N) is 2. The van der Waals surface area contributed by atoms with Crippen molar-refractivity contribution in [3.8, 4) is 0 Å². The first-order valence-electron chi connectivity index (χ1n) is 10.0. The predicted molar refractivity (Wildman–Crippen MR) is 123 cm³/mol. The van der Waals surface area contributed by atoms with Crippen molar-refractivity contribution >= 4 is 23.3 Å². The van der Waals surface area contributed by atoms with Gasteiger partial charge in [-0.2, -0.15) is 15.0 Å². The number of para-hydroxylation sites is 1. The summed E-state index contributed by atoms with van der Waals surface area (Å²) >= 11 is 0. The number of hydrogen-bond acceptors (Lipinski definition) is 5. The Balaban J connectivity index is 1.67. The minimum Gasteiger partial charge on any atom is -0.324 e. The zero-order valence-electron chi connectivity index (χ0n) is 17.5. The van der Waals surface area contributed by atoms with Gasteiger partial charge in [0.1, 0.15) is 5.82 Å². The Morgan fingerprint density at radius 1 is 0.667 bits per heavy atom. The lowest BCUT2D eigenvalue weighted by Gasteiger charge is -2.12. The van der Waals surface area contributed by atoms with E-state index in [1.54, 1.807) is 0 Å². The van der Waals surface area contributed by atoms with Crippen molar-refractivity contribution in [1.29, 1.82) is 0 Å². The zero-order valence-corrected chi connectivity index (χ0v) is 17.5. The van der Waals surface area contributed by atoms with E-state index in [9.17, 15) is 0 Å². The number of nitrogens with zero attached hydrogens (tertiary/aromatic N) is 3. The van der Waals surface area contributed by atoms with Crippen LogP contribution in [0.4, 0.5) is 23.3 Å². The van der Waals surface area contributed by atoms with Gasteiger partial charge < -0.3 is 10.6 Å². The van der Waals surface area contributed by atoms with E-state index in [2.05, 4.69) is 88.8 Å². The average Bonchev–Trinajstić information content (AvgIpc) is 2.71. The van der Waals surface area contributed by atoms with Gasteiger partial charge in [-0.15, -0.1) is 0 Å². The summed E-state index contributed by atoms with van der Waals surface area (Å²) in [5, 5.41) is 6.65. The molecule has 5 nitrogen and oxygen atoms in total. The molecule has 0 spiro atoms. The Morgan fingerprint density at radius 3 is 2.13 bits per heavy atom. The molecule has 0 aliphatic heterocycles. The predicted octanol–water partition coefficient (Wildman–Crippen LogP) is 5.87. The van der Waals surface area contributed by atoms with Crippen molar-refractivity contribution in [2.75, 3.05) is 10.6 Å². The van der Waals surface area contributed by atoms with Crippen LogP contribution in [0.15, 0.2) is 72.8 Å². The van der Waals surface area contributed by atoms with E-state index in [4.69, 9.17) is 0 Å². The van der Waals surface area contributed by atoms with Crippen molar-refractivity contribution in [2.24, 2.45) is 0 Å². The summed E-state index contributed by atoms with van der Waals surface area (Å²) in [5.41, 5.74) is 6.65. The Bertz CT molecular complexity index is 1150. The van der Waals surface area contributed by atoms with Crippen LogP contribution in [0.1, 0.15) is 28.1 Å². The molecule has 0 aliphatic carbocycles. The summed E-state index contributed by atoms with van der Waals surface area (Å²) in [5.74, 6) is 1.76. The fourth-order valence-corrected chi connectivity index (χ4v) is 3.21. The fourth-order valence-electron chi connectivity index (χ4n) is 3.21. The molecule has 0 fully saturated rings. The smallest absolute Gasteiger partial charge is 0.232 e. The number of rotatable bonds is 6. The summed E-state index contributed by atoms with van der Waals surface area (Å²) in [6.07, 6.45) is 0.634. The molecule has 0 saturated heterocycles. The van der Waals surface area contributed by atoms with Gasteiger partial charge in [-0.1, -0.05) is 65.7 Å². The van der Waals surface area contributed by atoms with Gasteiger partial charge in [-0.05, 0) is 50.1 Å². The normalized spacial score (nSPS) is 10.6. The number of aryl methyl sites for hydroxylation is 3. The number of anilines is 4. The average molecular weight is 396 g/mol. The SMILES string of the molecule is Cc1ccc(Nc2nc(Cc3cccc(C)c3)nc(Nc3ccccc3C)n2)cc1. The molecular formula is C25H25N5. The van der Waals surface area contributed by atoms with Gasteiger partial charge >= 0.3 is 0 Å². The van der Waals surface area contributed by atoms with E-state index in [1.807, 2.05) is 30.3 Å². The van der Waals surface area contributed by atoms with Crippen LogP contribution in [0, 0.1) is 20.8 Å². The summed E-state index contributed by atoms with van der Waals surface area (Å²) in [6, 6.07) is 24.7. The quantitative estimate of drug-likeness (QED) is 0.427. The highest BCUT2D eigenvalue weighted by molar-refractivity contribution is 5.60. The second-order valence-corrected chi connectivity index (χ2v) is 7.50. The fraction of sp³-hybridized carbons (Fsp3) is 0.160. The van der Waals surface area contributed by atoms with Crippen LogP contribution >= 0.6 is 0 Å². The molecule has 4 rings (SSSR count). The van der Waals surface area contributed by atoms with Crippen LogP contribution in [0.2, 0.25) is 0 Å². The highest BCUT2D eigenvalue weighted by Gasteiger charge is 2.10. The van der Waals surface area contributed by atoms with E-state index in [-0.39, 0.29) is 0 Å². The molecule has 4 aromatic rings. The topological polar surface area (TPSA) is 62.7 Å². The maximum atomic E-state index is 4.68. The number of aromatic nitrogens is 3. The molecule has 5 heteroatoms. The molecule has 1 heterocycles. The summed E-state index contributed by atoms with van der Waals surface area (Å²) in [7, 11) is 0. The molecule has 0 atom stereocenters. The van der Waals surface area contributed by atoms with Crippen LogP contribution in [-0.4, -0.2) is 15.0 Å². The van der Waals surface area contributed by atoms with E-state index < -0.39 is 0 Å². The Kier molecular flexibility index (Phi) is 5.70. The first kappa shape index (κ1) is 19.6. The van der Waals surface area contributed by atoms with Gasteiger partial charge in [0.05, 0.1) is 0 Å². The molecular weight excluding hydrogens is 370 g/mol. The Morgan fingerprint density at radius 2 is 1.40 bits per heavy atom. The molecule has 0 radical (unpaired) electrons. The van der Waals surface area contributed by atoms with Gasteiger partial charge in [0.25, 0.3) is 0 Å². The molecule has 3 aromatic carbocycles. The Hall–Kier alpha value is -3.73. The van der Waals surface area contributed by atoms with Crippen molar-refractivity contribution < 1.29 is 0 Å².